The highest BCUT2D eigenvalue weighted by Crippen LogP contribution is 2.24. The molecule has 1 nitrogen and oxygen atoms in total. The van der Waals surface area contributed by atoms with E-state index in [2.05, 4.69) is 37.4 Å². The van der Waals surface area contributed by atoms with Crippen molar-refractivity contribution in [2.45, 2.75) is 32.7 Å². The maximum absolute atomic E-state index is 3.53. The monoisotopic (exact) mass is 211 g/mol. The molecule has 1 heterocycles. The van der Waals surface area contributed by atoms with Gasteiger partial charge in [-0.05, 0) is 38.8 Å². The third-order valence-corrected chi connectivity index (χ3v) is 2.71. The Morgan fingerprint density at radius 2 is 1.79 bits per heavy atom. The fourth-order valence-electron chi connectivity index (χ4n) is 2.18. The molecule has 0 spiro atoms. The van der Waals surface area contributed by atoms with Crippen LogP contribution in [0.4, 0.5) is 0 Å². The van der Waals surface area contributed by atoms with Crippen molar-refractivity contribution in [3.05, 3.63) is 34.9 Å². The van der Waals surface area contributed by atoms with Crippen molar-refractivity contribution in [2.75, 3.05) is 6.54 Å². The van der Waals surface area contributed by atoms with Crippen LogP contribution in [0.2, 0.25) is 0 Å². The molecule has 0 saturated carbocycles. The zero-order valence-corrected chi connectivity index (χ0v) is 9.66. The fourth-order valence-corrected chi connectivity index (χ4v) is 2.18. The van der Waals surface area contributed by atoms with Crippen molar-refractivity contribution in [2.24, 2.45) is 0 Å². The van der Waals surface area contributed by atoms with Crippen LogP contribution in [0.15, 0.2) is 18.2 Å². The lowest BCUT2D eigenvalue weighted by Gasteiger charge is -2.12. The fraction of sp³-hybridized carbons (Fsp3) is 0.500. The summed E-state index contributed by atoms with van der Waals surface area (Å²) in [5.41, 5.74) is 4.22. The number of benzene rings is 1. The number of nitrogens with one attached hydrogen (secondary N) is 1. The Morgan fingerprint density at radius 3 is 2.29 bits per heavy atom. The quantitative estimate of drug-likeness (QED) is 0.753. The zero-order valence-electron chi connectivity index (χ0n) is 8.84. The molecule has 14 heavy (non-hydrogen) atoms. The van der Waals surface area contributed by atoms with Crippen LogP contribution in [-0.4, -0.2) is 6.54 Å². The van der Waals surface area contributed by atoms with Gasteiger partial charge in [-0.25, -0.2) is 0 Å². The average Bonchev–Trinajstić information content (AvgIpc) is 2.53. The number of halogens is 1. The first-order valence-electron chi connectivity index (χ1n) is 5.07. The van der Waals surface area contributed by atoms with Gasteiger partial charge >= 0.3 is 0 Å². The van der Waals surface area contributed by atoms with Crippen LogP contribution in [0.1, 0.15) is 35.6 Å². The summed E-state index contributed by atoms with van der Waals surface area (Å²) in [4.78, 5) is 0. The van der Waals surface area contributed by atoms with E-state index in [1.54, 1.807) is 0 Å². The Hall–Kier alpha value is -0.530. The minimum atomic E-state index is 0. The van der Waals surface area contributed by atoms with Crippen LogP contribution >= 0.6 is 12.4 Å². The molecule has 1 aliphatic rings. The van der Waals surface area contributed by atoms with E-state index in [0.29, 0.717) is 6.04 Å². The molecule has 0 aliphatic carbocycles. The number of rotatable bonds is 1. The van der Waals surface area contributed by atoms with Gasteiger partial charge in [-0.2, -0.15) is 0 Å². The van der Waals surface area contributed by atoms with Gasteiger partial charge in [0.1, 0.15) is 0 Å². The number of aryl methyl sites for hydroxylation is 2. The summed E-state index contributed by atoms with van der Waals surface area (Å²) >= 11 is 0. The predicted molar refractivity (Wildman–Crippen MR) is 63.1 cm³/mol. The standard InChI is InChI=1S/C12H17N.ClH/c1-9-6-10(2)8-11(7-9)12-4-3-5-13-12;/h6-8,12-13H,3-5H2,1-2H3;1H/t12-;/m1./s1. The SMILES string of the molecule is Cc1cc(C)cc([C@H]2CCCN2)c1.Cl. The summed E-state index contributed by atoms with van der Waals surface area (Å²) in [7, 11) is 0. The maximum atomic E-state index is 3.53. The molecule has 1 saturated heterocycles. The largest absolute Gasteiger partial charge is 0.310 e. The Balaban J connectivity index is 0.000000980. The van der Waals surface area contributed by atoms with Crippen LogP contribution < -0.4 is 5.32 Å². The molecular weight excluding hydrogens is 194 g/mol. The summed E-state index contributed by atoms with van der Waals surface area (Å²) in [5.74, 6) is 0. The lowest BCUT2D eigenvalue weighted by atomic mass is 10.0. The highest BCUT2D eigenvalue weighted by Gasteiger charge is 2.15. The van der Waals surface area contributed by atoms with E-state index >= 15 is 0 Å². The van der Waals surface area contributed by atoms with Crippen molar-refractivity contribution in [1.82, 2.24) is 5.32 Å². The molecule has 1 fully saturated rings. The molecule has 2 rings (SSSR count). The molecule has 0 unspecified atom stereocenters. The van der Waals surface area contributed by atoms with Gasteiger partial charge in [-0.15, -0.1) is 12.4 Å². The van der Waals surface area contributed by atoms with E-state index in [9.17, 15) is 0 Å². The Morgan fingerprint density at radius 1 is 1.14 bits per heavy atom. The van der Waals surface area contributed by atoms with Crippen LogP contribution in [0.25, 0.3) is 0 Å². The predicted octanol–water partition coefficient (Wildman–Crippen LogP) is 3.15. The first-order chi connectivity index (χ1) is 6.25. The third kappa shape index (κ3) is 2.49. The summed E-state index contributed by atoms with van der Waals surface area (Å²) in [6, 6.07) is 7.45. The van der Waals surface area contributed by atoms with Gasteiger partial charge in [0, 0.05) is 6.04 Å². The van der Waals surface area contributed by atoms with Crippen LogP contribution in [0.3, 0.4) is 0 Å². The minimum Gasteiger partial charge on any atom is -0.310 e. The lowest BCUT2D eigenvalue weighted by Crippen LogP contribution is -2.12. The summed E-state index contributed by atoms with van der Waals surface area (Å²) in [6.45, 7) is 5.52. The van der Waals surface area contributed by atoms with E-state index in [0.717, 1.165) is 0 Å². The summed E-state index contributed by atoms with van der Waals surface area (Å²) in [5, 5.41) is 3.53. The normalized spacial score (nSPS) is 20.6. The van der Waals surface area contributed by atoms with Gasteiger partial charge in [0.05, 0.1) is 0 Å². The second-order valence-electron chi connectivity index (χ2n) is 4.07. The second kappa shape index (κ2) is 4.81. The van der Waals surface area contributed by atoms with E-state index in [1.807, 2.05) is 0 Å². The highest BCUT2D eigenvalue weighted by molar-refractivity contribution is 5.85. The zero-order chi connectivity index (χ0) is 9.26. The molecule has 0 radical (unpaired) electrons. The van der Waals surface area contributed by atoms with Crippen molar-refractivity contribution in [3.63, 3.8) is 0 Å². The summed E-state index contributed by atoms with van der Waals surface area (Å²) < 4.78 is 0. The van der Waals surface area contributed by atoms with Crippen LogP contribution in [-0.2, 0) is 0 Å². The molecule has 0 aromatic heterocycles. The third-order valence-electron chi connectivity index (χ3n) is 2.71. The van der Waals surface area contributed by atoms with Crippen molar-refractivity contribution in [1.29, 1.82) is 0 Å². The van der Waals surface area contributed by atoms with Gasteiger partial charge < -0.3 is 5.32 Å². The van der Waals surface area contributed by atoms with Crippen molar-refractivity contribution in [3.8, 4) is 0 Å². The Kier molecular flexibility index (Phi) is 3.97. The Labute approximate surface area is 92.3 Å². The first kappa shape index (κ1) is 11.5. The van der Waals surface area contributed by atoms with Crippen LogP contribution in [0, 0.1) is 13.8 Å². The van der Waals surface area contributed by atoms with E-state index in [1.165, 1.54) is 36.1 Å². The molecule has 0 bridgehead atoms. The first-order valence-corrected chi connectivity index (χ1v) is 5.07. The molecule has 1 aromatic rings. The van der Waals surface area contributed by atoms with Crippen LogP contribution in [0.5, 0.6) is 0 Å². The van der Waals surface area contributed by atoms with E-state index in [-0.39, 0.29) is 12.4 Å². The van der Waals surface area contributed by atoms with Crippen molar-refractivity contribution >= 4 is 12.4 Å². The maximum Gasteiger partial charge on any atom is 0.0320 e. The molecule has 1 aromatic carbocycles. The lowest BCUT2D eigenvalue weighted by molar-refractivity contribution is 0.647. The van der Waals surface area contributed by atoms with E-state index in [4.69, 9.17) is 0 Å². The number of hydrogen-bond acceptors (Lipinski definition) is 1. The van der Waals surface area contributed by atoms with Crippen molar-refractivity contribution < 1.29 is 0 Å². The highest BCUT2D eigenvalue weighted by atomic mass is 35.5. The number of hydrogen-bond donors (Lipinski definition) is 1. The van der Waals surface area contributed by atoms with Gasteiger partial charge in [0.15, 0.2) is 0 Å². The summed E-state index contributed by atoms with van der Waals surface area (Å²) in [6.07, 6.45) is 2.61. The minimum absolute atomic E-state index is 0. The van der Waals surface area contributed by atoms with Gasteiger partial charge in [0.25, 0.3) is 0 Å². The van der Waals surface area contributed by atoms with E-state index < -0.39 is 0 Å². The smallest absolute Gasteiger partial charge is 0.0320 e. The second-order valence-corrected chi connectivity index (χ2v) is 4.07. The van der Waals surface area contributed by atoms with Gasteiger partial charge in [-0.3, -0.25) is 0 Å². The molecule has 0 amide bonds. The molecule has 78 valence electrons. The molecule has 1 atom stereocenters. The van der Waals surface area contributed by atoms with Gasteiger partial charge in [-0.1, -0.05) is 29.3 Å². The molecule has 2 heteroatoms. The Bertz CT molecular complexity index is 283. The molecule has 1 aliphatic heterocycles. The molecule has 1 N–H and O–H groups in total. The van der Waals surface area contributed by atoms with Gasteiger partial charge in [0.2, 0.25) is 0 Å². The topological polar surface area (TPSA) is 12.0 Å². The molecular formula is C12H18ClN. The average molecular weight is 212 g/mol.